The Labute approximate surface area is 120 Å². The van der Waals surface area contributed by atoms with Crippen molar-refractivity contribution in [3.63, 3.8) is 0 Å². The van der Waals surface area contributed by atoms with E-state index < -0.39 is 31.3 Å². The van der Waals surface area contributed by atoms with Crippen molar-refractivity contribution >= 4 is 21.4 Å². The predicted octanol–water partition coefficient (Wildman–Crippen LogP) is 1.19. The first kappa shape index (κ1) is 15.6. The number of nitrogens with two attached hydrogens (primary N) is 1. The summed E-state index contributed by atoms with van der Waals surface area (Å²) >= 11 is 0. The highest BCUT2D eigenvalue weighted by Gasteiger charge is 2.36. The second-order valence-electron chi connectivity index (χ2n) is 4.81. The molecule has 0 heterocycles. The summed E-state index contributed by atoms with van der Waals surface area (Å²) in [7, 11) is -2.76. The molecular formula is C11H15FN4O4S. The number of nitrogen functional groups attached to an aromatic ring is 1. The number of hydrogen-bond acceptors (Lipinski definition) is 6. The van der Waals surface area contributed by atoms with Gasteiger partial charge in [-0.25, -0.2) is 12.8 Å². The lowest BCUT2D eigenvalue weighted by Crippen LogP contribution is -2.41. The maximum Gasteiger partial charge on any atom is 0.274 e. The van der Waals surface area contributed by atoms with Gasteiger partial charge in [-0.3, -0.25) is 16.0 Å². The van der Waals surface area contributed by atoms with Gasteiger partial charge in [-0.2, -0.15) is 4.31 Å². The fourth-order valence-electron chi connectivity index (χ4n) is 2.14. The van der Waals surface area contributed by atoms with Crippen molar-refractivity contribution in [2.45, 2.75) is 30.2 Å². The molecular weight excluding hydrogens is 303 g/mol. The van der Waals surface area contributed by atoms with E-state index in [1.807, 2.05) is 5.43 Å². The third-order valence-electron chi connectivity index (χ3n) is 3.62. The van der Waals surface area contributed by atoms with Gasteiger partial charge >= 0.3 is 0 Å². The predicted molar refractivity (Wildman–Crippen MR) is 73.5 cm³/mol. The molecule has 0 aliphatic heterocycles. The van der Waals surface area contributed by atoms with Gasteiger partial charge < -0.3 is 5.43 Å². The Morgan fingerprint density at radius 2 is 2.10 bits per heavy atom. The van der Waals surface area contributed by atoms with Crippen LogP contribution in [0.25, 0.3) is 0 Å². The molecule has 10 heteroatoms. The van der Waals surface area contributed by atoms with Crippen molar-refractivity contribution in [3.05, 3.63) is 28.1 Å². The minimum Gasteiger partial charge on any atom is -0.323 e. The Kier molecular flexibility index (Phi) is 4.12. The van der Waals surface area contributed by atoms with Gasteiger partial charge in [0.15, 0.2) is 5.82 Å². The Balaban J connectivity index is 2.54. The molecule has 0 spiro atoms. The fraction of sp³-hybridized carbons (Fsp3) is 0.455. The molecule has 0 aromatic heterocycles. The van der Waals surface area contributed by atoms with E-state index in [2.05, 4.69) is 0 Å². The minimum absolute atomic E-state index is 0.185. The molecule has 1 aliphatic rings. The molecule has 0 bridgehead atoms. The van der Waals surface area contributed by atoms with E-state index in [0.717, 1.165) is 16.8 Å². The smallest absolute Gasteiger partial charge is 0.274 e. The zero-order chi connectivity index (χ0) is 15.8. The highest BCUT2D eigenvalue weighted by Crippen LogP contribution is 2.34. The summed E-state index contributed by atoms with van der Waals surface area (Å²) in [6.45, 7) is 0. The van der Waals surface area contributed by atoms with Crippen LogP contribution in [-0.4, -0.2) is 30.7 Å². The number of nitro groups is 1. The molecule has 0 radical (unpaired) electrons. The van der Waals surface area contributed by atoms with Crippen molar-refractivity contribution in [1.29, 1.82) is 0 Å². The maximum atomic E-state index is 14.1. The van der Waals surface area contributed by atoms with Crippen LogP contribution in [0.1, 0.15) is 19.3 Å². The number of halogens is 1. The van der Waals surface area contributed by atoms with Crippen molar-refractivity contribution in [3.8, 4) is 0 Å². The van der Waals surface area contributed by atoms with E-state index in [9.17, 15) is 22.9 Å². The van der Waals surface area contributed by atoms with Crippen LogP contribution in [0.5, 0.6) is 0 Å². The lowest BCUT2D eigenvalue weighted by Gasteiger charge is -2.34. The van der Waals surface area contributed by atoms with Crippen molar-refractivity contribution in [1.82, 2.24) is 4.31 Å². The molecule has 0 unspecified atom stereocenters. The third-order valence-corrected chi connectivity index (χ3v) is 5.61. The van der Waals surface area contributed by atoms with Crippen LogP contribution in [-0.2, 0) is 10.0 Å². The molecule has 2 rings (SSSR count). The van der Waals surface area contributed by atoms with Crippen LogP contribution in [0, 0.1) is 15.9 Å². The summed E-state index contributed by atoms with van der Waals surface area (Å²) in [6, 6.07) is 1.28. The normalized spacial score (nSPS) is 15.8. The third kappa shape index (κ3) is 2.69. The number of nitrogens with one attached hydrogen (secondary N) is 1. The number of hydrogen-bond donors (Lipinski definition) is 2. The SMILES string of the molecule is CN(C1CCC1)S(=O)(=O)c1c(F)cc([N+](=O)[O-])cc1NN. The number of rotatable bonds is 5. The first-order valence-corrected chi connectivity index (χ1v) is 7.65. The van der Waals surface area contributed by atoms with E-state index in [-0.39, 0.29) is 11.7 Å². The molecule has 1 fully saturated rings. The molecule has 1 aromatic carbocycles. The van der Waals surface area contributed by atoms with E-state index in [4.69, 9.17) is 5.84 Å². The molecule has 1 aliphatic carbocycles. The van der Waals surface area contributed by atoms with Gasteiger partial charge in [0.05, 0.1) is 16.7 Å². The number of nitro benzene ring substituents is 1. The average molecular weight is 318 g/mol. The summed E-state index contributed by atoms with van der Waals surface area (Å²) in [5.74, 6) is 3.98. The minimum atomic E-state index is -4.12. The molecule has 0 amide bonds. The standard InChI is InChI=1S/C11H15FN4O4S/c1-15(7-3-2-4-7)21(19,20)11-9(12)5-8(16(17)18)6-10(11)14-13/h5-7,14H,2-4,13H2,1H3. The quantitative estimate of drug-likeness (QED) is 0.478. The van der Waals surface area contributed by atoms with E-state index >= 15 is 0 Å². The first-order valence-electron chi connectivity index (χ1n) is 6.21. The summed E-state index contributed by atoms with van der Waals surface area (Å²) in [4.78, 5) is 9.19. The van der Waals surface area contributed by atoms with Crippen LogP contribution in [0.4, 0.5) is 15.8 Å². The monoisotopic (exact) mass is 318 g/mol. The molecule has 3 N–H and O–H groups in total. The largest absolute Gasteiger partial charge is 0.323 e. The zero-order valence-electron chi connectivity index (χ0n) is 11.2. The van der Waals surface area contributed by atoms with Crippen LogP contribution in [0.15, 0.2) is 17.0 Å². The molecule has 21 heavy (non-hydrogen) atoms. The van der Waals surface area contributed by atoms with Gasteiger partial charge in [0.2, 0.25) is 10.0 Å². The summed E-state index contributed by atoms with van der Waals surface area (Å²) in [5, 5.41) is 10.7. The molecule has 8 nitrogen and oxygen atoms in total. The highest BCUT2D eigenvalue weighted by molar-refractivity contribution is 7.89. The maximum absolute atomic E-state index is 14.1. The average Bonchev–Trinajstić information content (AvgIpc) is 2.34. The second-order valence-corrected chi connectivity index (χ2v) is 6.75. The lowest BCUT2D eigenvalue weighted by atomic mass is 9.94. The Hall–Kier alpha value is -1.78. The van der Waals surface area contributed by atoms with Gasteiger partial charge in [-0.05, 0) is 12.8 Å². The molecule has 1 saturated carbocycles. The van der Waals surface area contributed by atoms with E-state index in [1.165, 1.54) is 7.05 Å². The molecule has 1 aromatic rings. The van der Waals surface area contributed by atoms with Crippen LogP contribution >= 0.6 is 0 Å². The van der Waals surface area contributed by atoms with Crippen LogP contribution in [0.3, 0.4) is 0 Å². The number of anilines is 1. The van der Waals surface area contributed by atoms with Gasteiger partial charge in [0.25, 0.3) is 5.69 Å². The lowest BCUT2D eigenvalue weighted by molar-refractivity contribution is -0.385. The van der Waals surface area contributed by atoms with Gasteiger partial charge in [0.1, 0.15) is 4.90 Å². The number of non-ortho nitro benzene ring substituents is 1. The second kappa shape index (κ2) is 5.54. The van der Waals surface area contributed by atoms with Gasteiger partial charge in [-0.1, -0.05) is 6.42 Å². The van der Waals surface area contributed by atoms with E-state index in [1.54, 1.807) is 0 Å². The number of sulfonamides is 1. The van der Waals surface area contributed by atoms with Crippen molar-refractivity contribution < 1.29 is 17.7 Å². The van der Waals surface area contributed by atoms with Crippen molar-refractivity contribution in [2.75, 3.05) is 12.5 Å². The molecule has 0 atom stereocenters. The molecule has 116 valence electrons. The number of benzene rings is 1. The Morgan fingerprint density at radius 3 is 2.52 bits per heavy atom. The number of hydrazine groups is 1. The Bertz CT molecular complexity index is 675. The van der Waals surface area contributed by atoms with Crippen LogP contribution < -0.4 is 11.3 Å². The first-order chi connectivity index (χ1) is 9.78. The zero-order valence-corrected chi connectivity index (χ0v) is 12.1. The van der Waals surface area contributed by atoms with E-state index in [0.29, 0.717) is 18.9 Å². The molecule has 0 saturated heterocycles. The fourth-order valence-corrected chi connectivity index (χ4v) is 3.74. The van der Waals surface area contributed by atoms with Crippen LogP contribution in [0.2, 0.25) is 0 Å². The summed E-state index contributed by atoms with van der Waals surface area (Å²) < 4.78 is 40.1. The van der Waals surface area contributed by atoms with Crippen molar-refractivity contribution in [2.24, 2.45) is 5.84 Å². The topological polar surface area (TPSA) is 119 Å². The van der Waals surface area contributed by atoms with Gasteiger partial charge in [-0.15, -0.1) is 0 Å². The Morgan fingerprint density at radius 1 is 1.48 bits per heavy atom. The number of nitrogens with zero attached hydrogens (tertiary/aromatic N) is 2. The van der Waals surface area contributed by atoms with Gasteiger partial charge in [0, 0.05) is 19.2 Å². The summed E-state index contributed by atoms with van der Waals surface area (Å²) in [6.07, 6.45) is 2.32. The summed E-state index contributed by atoms with van der Waals surface area (Å²) in [5.41, 5.74) is 1.10. The highest BCUT2D eigenvalue weighted by atomic mass is 32.2.